The average molecular weight is 366 g/mol. The minimum Gasteiger partial charge on any atom is -0.449 e. The maximum absolute atomic E-state index is 12.2. The van der Waals surface area contributed by atoms with E-state index in [-0.39, 0.29) is 0 Å². The number of anilines is 1. The van der Waals surface area contributed by atoms with Crippen LogP contribution in [0.4, 0.5) is 5.69 Å². The Hall–Kier alpha value is -2.04. The molecule has 2 aromatic rings. The van der Waals surface area contributed by atoms with Gasteiger partial charge >= 0.3 is 5.97 Å². The van der Waals surface area contributed by atoms with Gasteiger partial charge in [-0.15, -0.1) is 0 Å². The molecule has 0 spiro atoms. The number of rotatable bonds is 4. The predicted molar refractivity (Wildman–Crippen MR) is 95.9 cm³/mol. The van der Waals surface area contributed by atoms with Crippen LogP contribution in [-0.2, 0) is 9.53 Å². The van der Waals surface area contributed by atoms with Gasteiger partial charge in [-0.05, 0) is 62.2 Å². The molecule has 24 heavy (non-hydrogen) atoms. The lowest BCUT2D eigenvalue weighted by atomic mass is 10.1. The zero-order valence-electron chi connectivity index (χ0n) is 13.5. The van der Waals surface area contributed by atoms with Crippen molar-refractivity contribution in [2.24, 2.45) is 0 Å². The van der Waals surface area contributed by atoms with E-state index in [1.807, 2.05) is 19.9 Å². The first-order valence-corrected chi connectivity index (χ1v) is 8.07. The maximum Gasteiger partial charge on any atom is 0.338 e. The van der Waals surface area contributed by atoms with Crippen LogP contribution in [0, 0.1) is 13.8 Å². The van der Waals surface area contributed by atoms with Crippen molar-refractivity contribution in [2.75, 3.05) is 5.32 Å². The van der Waals surface area contributed by atoms with Gasteiger partial charge in [0, 0.05) is 5.02 Å². The molecule has 0 saturated carbocycles. The van der Waals surface area contributed by atoms with Crippen molar-refractivity contribution in [2.45, 2.75) is 26.9 Å². The summed E-state index contributed by atoms with van der Waals surface area (Å²) >= 11 is 11.9. The van der Waals surface area contributed by atoms with Crippen LogP contribution in [0.15, 0.2) is 36.4 Å². The summed E-state index contributed by atoms with van der Waals surface area (Å²) in [6, 6.07) is 9.95. The first kappa shape index (κ1) is 18.3. The molecule has 0 saturated heterocycles. The smallest absolute Gasteiger partial charge is 0.338 e. The van der Waals surface area contributed by atoms with Gasteiger partial charge in [0.2, 0.25) is 0 Å². The summed E-state index contributed by atoms with van der Waals surface area (Å²) in [5.74, 6) is -1.05. The maximum atomic E-state index is 12.2. The third-order valence-electron chi connectivity index (χ3n) is 3.58. The first-order chi connectivity index (χ1) is 11.3. The summed E-state index contributed by atoms with van der Waals surface area (Å²) < 4.78 is 5.21. The zero-order valence-corrected chi connectivity index (χ0v) is 15.0. The Morgan fingerprint density at radius 3 is 2.42 bits per heavy atom. The van der Waals surface area contributed by atoms with E-state index in [2.05, 4.69) is 5.32 Å². The van der Waals surface area contributed by atoms with E-state index in [1.54, 1.807) is 24.3 Å². The van der Waals surface area contributed by atoms with Crippen LogP contribution in [0.1, 0.15) is 28.4 Å². The molecule has 1 amide bonds. The Morgan fingerprint density at radius 1 is 1.04 bits per heavy atom. The van der Waals surface area contributed by atoms with E-state index in [0.717, 1.165) is 11.1 Å². The number of nitrogens with one attached hydrogen (secondary N) is 1. The van der Waals surface area contributed by atoms with E-state index >= 15 is 0 Å². The predicted octanol–water partition coefficient (Wildman–Crippen LogP) is 4.79. The Morgan fingerprint density at radius 2 is 1.75 bits per heavy atom. The van der Waals surface area contributed by atoms with Crippen molar-refractivity contribution in [1.29, 1.82) is 0 Å². The highest BCUT2D eigenvalue weighted by Crippen LogP contribution is 2.25. The van der Waals surface area contributed by atoms with E-state index < -0.39 is 18.0 Å². The van der Waals surface area contributed by atoms with Crippen LogP contribution in [0.2, 0.25) is 10.0 Å². The number of amides is 1. The van der Waals surface area contributed by atoms with Gasteiger partial charge in [0.25, 0.3) is 5.91 Å². The second kappa shape index (κ2) is 7.69. The molecule has 2 aromatic carbocycles. The minimum atomic E-state index is -0.978. The molecule has 0 aliphatic carbocycles. The summed E-state index contributed by atoms with van der Waals surface area (Å²) in [7, 11) is 0. The Kier molecular flexibility index (Phi) is 5.86. The lowest BCUT2D eigenvalue weighted by Gasteiger charge is -2.15. The first-order valence-electron chi connectivity index (χ1n) is 7.32. The minimum absolute atomic E-state index is 0.348. The number of halogens is 2. The van der Waals surface area contributed by atoms with Gasteiger partial charge in [0.1, 0.15) is 0 Å². The highest BCUT2D eigenvalue weighted by atomic mass is 35.5. The highest BCUT2D eigenvalue weighted by molar-refractivity contribution is 6.35. The van der Waals surface area contributed by atoms with Crippen molar-refractivity contribution in [3.05, 3.63) is 63.1 Å². The molecule has 6 heteroatoms. The summed E-state index contributed by atoms with van der Waals surface area (Å²) in [6.45, 7) is 5.35. The molecule has 0 aliphatic heterocycles. The van der Waals surface area contributed by atoms with Gasteiger partial charge in [-0.25, -0.2) is 4.79 Å². The van der Waals surface area contributed by atoms with Crippen molar-refractivity contribution in [3.63, 3.8) is 0 Å². The standard InChI is InChI=1S/C18H17Cl2NO3/c1-10-4-5-13(8-11(10)2)18(23)24-12(3)17(22)21-16-9-14(19)6-7-15(16)20/h4-9,12H,1-3H3,(H,21,22). The number of hydrogen-bond donors (Lipinski definition) is 1. The largest absolute Gasteiger partial charge is 0.449 e. The number of aryl methyl sites for hydroxylation is 2. The fourth-order valence-corrected chi connectivity index (χ4v) is 2.32. The van der Waals surface area contributed by atoms with E-state index in [4.69, 9.17) is 27.9 Å². The zero-order chi connectivity index (χ0) is 17.9. The molecule has 1 atom stereocenters. The van der Waals surface area contributed by atoms with E-state index in [0.29, 0.717) is 21.3 Å². The van der Waals surface area contributed by atoms with E-state index in [1.165, 1.54) is 13.0 Å². The summed E-state index contributed by atoms with van der Waals surface area (Å²) in [5.41, 5.74) is 2.82. The van der Waals surface area contributed by atoms with Gasteiger partial charge < -0.3 is 10.1 Å². The fourth-order valence-electron chi connectivity index (χ4n) is 1.98. The molecule has 1 N–H and O–H groups in total. The summed E-state index contributed by atoms with van der Waals surface area (Å²) in [4.78, 5) is 24.3. The van der Waals surface area contributed by atoms with Gasteiger partial charge in [-0.2, -0.15) is 0 Å². The molecule has 0 aliphatic rings. The second-order valence-electron chi connectivity index (χ2n) is 5.46. The van der Waals surface area contributed by atoms with Crippen LogP contribution >= 0.6 is 23.2 Å². The molecule has 0 fully saturated rings. The number of hydrogen-bond acceptors (Lipinski definition) is 3. The summed E-state index contributed by atoms with van der Waals surface area (Å²) in [6.07, 6.45) is -0.978. The number of benzene rings is 2. The van der Waals surface area contributed by atoms with Crippen LogP contribution in [0.3, 0.4) is 0 Å². The van der Waals surface area contributed by atoms with Crippen molar-refractivity contribution in [3.8, 4) is 0 Å². The Balaban J connectivity index is 2.04. The normalized spacial score (nSPS) is 11.7. The van der Waals surface area contributed by atoms with Crippen molar-refractivity contribution < 1.29 is 14.3 Å². The van der Waals surface area contributed by atoms with Crippen molar-refractivity contribution >= 4 is 40.8 Å². The molecular weight excluding hydrogens is 349 g/mol. The quantitative estimate of drug-likeness (QED) is 0.792. The Bertz CT molecular complexity index is 790. The molecule has 0 aromatic heterocycles. The number of carbonyl (C=O) groups excluding carboxylic acids is 2. The van der Waals surface area contributed by atoms with Gasteiger partial charge in [0.05, 0.1) is 16.3 Å². The molecule has 126 valence electrons. The van der Waals surface area contributed by atoms with Crippen LogP contribution in [0.25, 0.3) is 0 Å². The van der Waals surface area contributed by atoms with Gasteiger partial charge in [-0.1, -0.05) is 29.3 Å². The molecule has 0 radical (unpaired) electrons. The lowest BCUT2D eigenvalue weighted by Crippen LogP contribution is -2.30. The SMILES string of the molecule is Cc1ccc(C(=O)OC(C)C(=O)Nc2cc(Cl)ccc2Cl)cc1C. The van der Waals surface area contributed by atoms with Crippen LogP contribution in [-0.4, -0.2) is 18.0 Å². The number of carbonyl (C=O) groups is 2. The molecule has 4 nitrogen and oxygen atoms in total. The number of ether oxygens (including phenoxy) is 1. The molecule has 0 heterocycles. The molecule has 2 rings (SSSR count). The lowest BCUT2D eigenvalue weighted by molar-refractivity contribution is -0.123. The average Bonchev–Trinajstić information content (AvgIpc) is 2.53. The highest BCUT2D eigenvalue weighted by Gasteiger charge is 2.20. The summed E-state index contributed by atoms with van der Waals surface area (Å²) in [5, 5.41) is 3.38. The van der Waals surface area contributed by atoms with E-state index in [9.17, 15) is 9.59 Å². The topological polar surface area (TPSA) is 55.4 Å². The third kappa shape index (κ3) is 4.49. The second-order valence-corrected chi connectivity index (χ2v) is 6.30. The van der Waals surface area contributed by atoms with Crippen LogP contribution < -0.4 is 5.32 Å². The Labute approximate surface area is 150 Å². The fraction of sp³-hybridized carbons (Fsp3) is 0.222. The van der Waals surface area contributed by atoms with Gasteiger partial charge in [0.15, 0.2) is 6.10 Å². The van der Waals surface area contributed by atoms with Gasteiger partial charge in [-0.3, -0.25) is 4.79 Å². The van der Waals surface area contributed by atoms with Crippen LogP contribution in [0.5, 0.6) is 0 Å². The monoisotopic (exact) mass is 365 g/mol. The third-order valence-corrected chi connectivity index (χ3v) is 4.15. The number of esters is 1. The molecule has 0 bridgehead atoms. The molecule has 1 unspecified atom stereocenters. The van der Waals surface area contributed by atoms with Crippen molar-refractivity contribution in [1.82, 2.24) is 0 Å². The molecular formula is C18H17Cl2NO3.